The molecule has 0 aliphatic carbocycles. The van der Waals surface area contributed by atoms with E-state index in [0.717, 1.165) is 61.1 Å². The average molecular weight is 466 g/mol. The van der Waals surface area contributed by atoms with E-state index in [1.54, 1.807) is 7.11 Å². The predicted molar refractivity (Wildman–Crippen MR) is 138 cm³/mol. The Morgan fingerprint density at radius 1 is 0.935 bits per heavy atom. The molecule has 0 aliphatic heterocycles. The number of nitrogens with one attached hydrogen (secondary N) is 2. The van der Waals surface area contributed by atoms with Crippen LogP contribution in [0.5, 0.6) is 11.5 Å². The van der Waals surface area contributed by atoms with Crippen molar-refractivity contribution in [3.63, 3.8) is 0 Å². The van der Waals surface area contributed by atoms with E-state index in [1.807, 2.05) is 36.4 Å². The SMILES string of the molecule is CCCCCOc1ccc(NC(=S)Nc2ccc(OC)c(CN(CC)CC)c2)cc1.Cl. The monoisotopic (exact) mass is 465 g/mol. The first-order valence-electron chi connectivity index (χ1n) is 10.8. The van der Waals surface area contributed by atoms with E-state index in [-0.39, 0.29) is 12.4 Å². The molecule has 7 heteroatoms. The molecule has 0 aromatic heterocycles. The quantitative estimate of drug-likeness (QED) is 0.282. The Balaban J connectivity index is 0.00000480. The minimum Gasteiger partial charge on any atom is -0.496 e. The van der Waals surface area contributed by atoms with Crippen molar-refractivity contribution in [2.45, 2.75) is 46.6 Å². The molecule has 0 amide bonds. The van der Waals surface area contributed by atoms with E-state index in [0.29, 0.717) is 5.11 Å². The van der Waals surface area contributed by atoms with E-state index in [9.17, 15) is 0 Å². The number of hydrogen-bond acceptors (Lipinski definition) is 4. The first kappa shape index (κ1) is 27.0. The van der Waals surface area contributed by atoms with Gasteiger partial charge in [0.1, 0.15) is 11.5 Å². The van der Waals surface area contributed by atoms with Crippen LogP contribution in [0.1, 0.15) is 45.6 Å². The maximum Gasteiger partial charge on any atom is 0.175 e. The second-order valence-electron chi connectivity index (χ2n) is 7.15. The fraction of sp³-hybridized carbons (Fsp3) is 0.458. The van der Waals surface area contributed by atoms with Crippen LogP contribution in [0.2, 0.25) is 0 Å². The molecule has 0 aliphatic rings. The standard InChI is InChI=1S/C24H35N3O2S.ClH/c1-5-8-9-16-29-22-13-10-20(11-14-22)25-24(30)26-21-12-15-23(28-4)19(17-21)18-27(6-2)7-3;/h10-15,17H,5-9,16,18H2,1-4H3,(H2,25,26,30);1H. The summed E-state index contributed by atoms with van der Waals surface area (Å²) < 4.78 is 11.3. The summed E-state index contributed by atoms with van der Waals surface area (Å²) in [6.45, 7) is 10.1. The Bertz CT molecular complexity index is 783. The van der Waals surface area contributed by atoms with Crippen molar-refractivity contribution in [3.8, 4) is 11.5 Å². The van der Waals surface area contributed by atoms with Crippen LogP contribution in [0.3, 0.4) is 0 Å². The van der Waals surface area contributed by atoms with Crippen molar-refractivity contribution < 1.29 is 9.47 Å². The number of ether oxygens (including phenoxy) is 2. The topological polar surface area (TPSA) is 45.8 Å². The van der Waals surface area contributed by atoms with Crippen LogP contribution >= 0.6 is 24.6 Å². The highest BCUT2D eigenvalue weighted by Gasteiger charge is 2.09. The summed E-state index contributed by atoms with van der Waals surface area (Å²) in [6.07, 6.45) is 3.48. The van der Waals surface area contributed by atoms with Crippen LogP contribution < -0.4 is 20.1 Å². The van der Waals surface area contributed by atoms with Gasteiger partial charge in [-0.3, -0.25) is 4.90 Å². The average Bonchev–Trinajstić information content (AvgIpc) is 2.76. The fourth-order valence-corrected chi connectivity index (χ4v) is 3.37. The number of unbranched alkanes of at least 4 members (excludes halogenated alkanes) is 2. The Labute approximate surface area is 198 Å². The van der Waals surface area contributed by atoms with Crippen molar-refractivity contribution in [1.82, 2.24) is 4.90 Å². The molecular weight excluding hydrogens is 430 g/mol. The van der Waals surface area contributed by atoms with E-state index >= 15 is 0 Å². The summed E-state index contributed by atoms with van der Waals surface area (Å²) in [5.74, 6) is 1.77. The highest BCUT2D eigenvalue weighted by atomic mass is 35.5. The Morgan fingerprint density at radius 3 is 2.19 bits per heavy atom. The summed E-state index contributed by atoms with van der Waals surface area (Å²) in [5.41, 5.74) is 3.00. The molecule has 0 atom stereocenters. The molecule has 2 N–H and O–H groups in total. The Hall–Kier alpha value is -2.02. The zero-order valence-corrected chi connectivity index (χ0v) is 20.7. The minimum atomic E-state index is 0. The van der Waals surface area contributed by atoms with E-state index < -0.39 is 0 Å². The highest BCUT2D eigenvalue weighted by Crippen LogP contribution is 2.24. The number of methoxy groups -OCH3 is 1. The molecule has 172 valence electrons. The highest BCUT2D eigenvalue weighted by molar-refractivity contribution is 7.80. The third-order valence-corrected chi connectivity index (χ3v) is 5.16. The Morgan fingerprint density at radius 2 is 1.58 bits per heavy atom. The van der Waals surface area contributed by atoms with E-state index in [4.69, 9.17) is 21.7 Å². The summed E-state index contributed by atoms with van der Waals surface area (Å²) in [7, 11) is 1.71. The number of thiocarbonyl (C=S) groups is 1. The molecule has 31 heavy (non-hydrogen) atoms. The van der Waals surface area contributed by atoms with Gasteiger partial charge in [0.05, 0.1) is 13.7 Å². The molecule has 5 nitrogen and oxygen atoms in total. The van der Waals surface area contributed by atoms with Crippen molar-refractivity contribution in [2.75, 3.05) is 37.4 Å². The van der Waals surface area contributed by atoms with Crippen molar-refractivity contribution in [1.29, 1.82) is 0 Å². The van der Waals surface area contributed by atoms with Gasteiger partial charge in [-0.2, -0.15) is 0 Å². The summed E-state index contributed by atoms with van der Waals surface area (Å²) in [5, 5.41) is 7.04. The number of rotatable bonds is 12. The number of anilines is 2. The van der Waals surface area contributed by atoms with Gasteiger partial charge in [-0.15, -0.1) is 12.4 Å². The van der Waals surface area contributed by atoms with Gasteiger partial charge >= 0.3 is 0 Å². The lowest BCUT2D eigenvalue weighted by molar-refractivity contribution is 0.289. The zero-order valence-electron chi connectivity index (χ0n) is 19.1. The maximum atomic E-state index is 5.76. The van der Waals surface area contributed by atoms with Crippen LogP contribution in [0.25, 0.3) is 0 Å². The first-order valence-corrected chi connectivity index (χ1v) is 11.2. The predicted octanol–water partition coefficient (Wildman–Crippen LogP) is 6.34. The maximum absolute atomic E-state index is 5.76. The zero-order chi connectivity index (χ0) is 21.8. The van der Waals surface area contributed by atoms with Gasteiger partial charge in [0.2, 0.25) is 0 Å². The summed E-state index contributed by atoms with van der Waals surface area (Å²) in [6, 6.07) is 13.9. The molecule has 0 unspecified atom stereocenters. The lowest BCUT2D eigenvalue weighted by atomic mass is 10.1. The number of halogens is 1. The van der Waals surface area contributed by atoms with Gasteiger partial charge in [0.15, 0.2) is 5.11 Å². The number of nitrogens with zero attached hydrogens (tertiary/aromatic N) is 1. The van der Waals surface area contributed by atoms with E-state index in [2.05, 4.69) is 42.4 Å². The molecule has 0 spiro atoms. The third kappa shape index (κ3) is 9.33. The van der Waals surface area contributed by atoms with Gasteiger partial charge < -0.3 is 20.1 Å². The fourth-order valence-electron chi connectivity index (χ4n) is 3.14. The van der Waals surface area contributed by atoms with Crippen LogP contribution in [-0.2, 0) is 6.54 Å². The van der Waals surface area contributed by atoms with Crippen LogP contribution in [0.15, 0.2) is 42.5 Å². The molecule has 0 bridgehead atoms. The molecule has 2 aromatic rings. The minimum absolute atomic E-state index is 0. The van der Waals surface area contributed by atoms with Gasteiger partial charge in [0, 0.05) is 23.5 Å². The normalized spacial score (nSPS) is 10.4. The molecule has 0 saturated heterocycles. The lowest BCUT2D eigenvalue weighted by Gasteiger charge is -2.20. The van der Waals surface area contributed by atoms with Crippen molar-refractivity contribution >= 4 is 41.1 Å². The molecule has 0 heterocycles. The van der Waals surface area contributed by atoms with E-state index in [1.165, 1.54) is 12.8 Å². The second kappa shape index (κ2) is 14.9. The summed E-state index contributed by atoms with van der Waals surface area (Å²) >= 11 is 5.49. The molecule has 0 fully saturated rings. The number of hydrogen-bond donors (Lipinski definition) is 2. The smallest absolute Gasteiger partial charge is 0.175 e. The van der Waals surface area contributed by atoms with Crippen molar-refractivity contribution in [3.05, 3.63) is 48.0 Å². The van der Waals surface area contributed by atoms with Crippen molar-refractivity contribution in [2.24, 2.45) is 0 Å². The molecule has 2 aromatic carbocycles. The van der Waals surface area contributed by atoms with Crippen LogP contribution in [0.4, 0.5) is 11.4 Å². The number of benzene rings is 2. The third-order valence-electron chi connectivity index (χ3n) is 4.96. The second-order valence-corrected chi connectivity index (χ2v) is 7.56. The summed E-state index contributed by atoms with van der Waals surface area (Å²) in [4.78, 5) is 2.35. The largest absolute Gasteiger partial charge is 0.496 e. The molecular formula is C24H36ClN3O2S. The van der Waals surface area contributed by atoms with Crippen LogP contribution in [0, 0.1) is 0 Å². The molecule has 0 saturated carbocycles. The van der Waals surface area contributed by atoms with Gasteiger partial charge in [0.25, 0.3) is 0 Å². The Kier molecular flexibility index (Phi) is 13.0. The van der Waals surface area contributed by atoms with Gasteiger partial charge in [-0.1, -0.05) is 33.6 Å². The molecule has 0 radical (unpaired) electrons. The van der Waals surface area contributed by atoms with Gasteiger partial charge in [-0.05, 0) is 74.2 Å². The first-order chi connectivity index (χ1) is 14.6. The van der Waals surface area contributed by atoms with Gasteiger partial charge in [-0.25, -0.2) is 0 Å². The van der Waals surface area contributed by atoms with Crippen LogP contribution in [-0.4, -0.2) is 36.8 Å². The lowest BCUT2D eigenvalue weighted by Crippen LogP contribution is -2.23. The molecule has 2 rings (SSSR count).